The summed E-state index contributed by atoms with van der Waals surface area (Å²) in [5.74, 6) is 0.0367. The molecule has 2 aliphatic rings. The third-order valence-electron chi connectivity index (χ3n) is 4.05. The maximum absolute atomic E-state index is 12.5. The molecule has 0 spiro atoms. The minimum Gasteiger partial charge on any atom is -0.388 e. The molecule has 3 rings (SSSR count). The van der Waals surface area contributed by atoms with E-state index in [0.717, 1.165) is 38.0 Å². The molecule has 0 aromatic heterocycles. The smallest absolute Gasteiger partial charge is 0.253 e. The third-order valence-corrected chi connectivity index (χ3v) is 4.05. The fourth-order valence-electron chi connectivity index (χ4n) is 3.00. The van der Waals surface area contributed by atoms with Crippen molar-refractivity contribution in [3.63, 3.8) is 0 Å². The minimum absolute atomic E-state index is 0.0367. The molecule has 2 N–H and O–H groups in total. The summed E-state index contributed by atoms with van der Waals surface area (Å²) in [5.41, 5.74) is 2.49. The quantitative estimate of drug-likeness (QED) is 0.799. The van der Waals surface area contributed by atoms with Crippen molar-refractivity contribution in [2.75, 3.05) is 13.1 Å². The van der Waals surface area contributed by atoms with Gasteiger partial charge in [0.2, 0.25) is 0 Å². The van der Waals surface area contributed by atoms with Gasteiger partial charge in [-0.1, -0.05) is 6.07 Å². The molecule has 4 nitrogen and oxygen atoms in total. The fourth-order valence-corrected chi connectivity index (χ4v) is 3.00. The van der Waals surface area contributed by atoms with Gasteiger partial charge in [0.15, 0.2) is 0 Å². The second kappa shape index (κ2) is 4.62. The van der Waals surface area contributed by atoms with Crippen molar-refractivity contribution in [2.45, 2.75) is 38.5 Å². The van der Waals surface area contributed by atoms with E-state index in [-0.39, 0.29) is 5.91 Å². The van der Waals surface area contributed by atoms with E-state index in [9.17, 15) is 9.90 Å². The zero-order chi connectivity index (χ0) is 13.5. The molecule has 0 bridgehead atoms. The standard InChI is InChI=1S/C15H20N2O2/c1-15(19)5-2-6-17(10-15)14(18)11-3-4-12-8-16-9-13(12)7-11/h3-4,7,16,19H,2,5-6,8-10H2,1H3. The highest BCUT2D eigenvalue weighted by Crippen LogP contribution is 2.23. The predicted molar refractivity (Wildman–Crippen MR) is 72.7 cm³/mol. The first-order valence-corrected chi connectivity index (χ1v) is 6.89. The zero-order valence-electron chi connectivity index (χ0n) is 11.3. The van der Waals surface area contributed by atoms with E-state index in [2.05, 4.69) is 5.32 Å². The SMILES string of the molecule is CC1(O)CCCN(C(=O)c2ccc3c(c2)CNC3)C1. The van der Waals surface area contributed by atoms with Crippen LogP contribution in [0.25, 0.3) is 0 Å². The van der Waals surface area contributed by atoms with Gasteiger partial charge in [0.25, 0.3) is 5.91 Å². The van der Waals surface area contributed by atoms with E-state index in [1.165, 1.54) is 11.1 Å². The molecular formula is C15H20N2O2. The summed E-state index contributed by atoms with van der Waals surface area (Å²) in [4.78, 5) is 14.3. The Labute approximate surface area is 113 Å². The molecule has 0 aliphatic carbocycles. The van der Waals surface area contributed by atoms with E-state index < -0.39 is 5.60 Å². The van der Waals surface area contributed by atoms with Gasteiger partial charge in [-0.3, -0.25) is 4.79 Å². The molecule has 1 atom stereocenters. The van der Waals surface area contributed by atoms with Crippen LogP contribution in [0.5, 0.6) is 0 Å². The first kappa shape index (κ1) is 12.6. The van der Waals surface area contributed by atoms with Gasteiger partial charge in [0.05, 0.1) is 5.60 Å². The van der Waals surface area contributed by atoms with E-state index in [1.807, 2.05) is 18.2 Å². The maximum Gasteiger partial charge on any atom is 0.253 e. The van der Waals surface area contributed by atoms with E-state index >= 15 is 0 Å². The third kappa shape index (κ3) is 2.51. The maximum atomic E-state index is 12.5. The zero-order valence-corrected chi connectivity index (χ0v) is 11.3. The van der Waals surface area contributed by atoms with Gasteiger partial charge < -0.3 is 15.3 Å². The highest BCUT2D eigenvalue weighted by molar-refractivity contribution is 5.94. The number of piperidine rings is 1. The van der Waals surface area contributed by atoms with Crippen molar-refractivity contribution >= 4 is 5.91 Å². The topological polar surface area (TPSA) is 52.6 Å². The van der Waals surface area contributed by atoms with Crippen LogP contribution in [0.2, 0.25) is 0 Å². The number of rotatable bonds is 1. The van der Waals surface area contributed by atoms with Crippen LogP contribution in [0.4, 0.5) is 0 Å². The van der Waals surface area contributed by atoms with Crippen LogP contribution in [-0.4, -0.2) is 34.6 Å². The lowest BCUT2D eigenvalue weighted by atomic mass is 9.94. The Morgan fingerprint density at radius 1 is 1.37 bits per heavy atom. The van der Waals surface area contributed by atoms with Gasteiger partial charge >= 0.3 is 0 Å². The van der Waals surface area contributed by atoms with Crippen LogP contribution in [0.1, 0.15) is 41.3 Å². The molecule has 4 heteroatoms. The second-order valence-electron chi connectivity index (χ2n) is 5.91. The van der Waals surface area contributed by atoms with Crippen LogP contribution in [0.3, 0.4) is 0 Å². The summed E-state index contributed by atoms with van der Waals surface area (Å²) >= 11 is 0. The van der Waals surface area contributed by atoms with Crippen molar-refractivity contribution < 1.29 is 9.90 Å². The monoisotopic (exact) mass is 260 g/mol. The van der Waals surface area contributed by atoms with Crippen LogP contribution in [0.15, 0.2) is 18.2 Å². The molecule has 0 radical (unpaired) electrons. The number of fused-ring (bicyclic) bond motifs is 1. The van der Waals surface area contributed by atoms with Crippen molar-refractivity contribution in [1.29, 1.82) is 0 Å². The Bertz CT molecular complexity index is 511. The van der Waals surface area contributed by atoms with Gasteiger partial charge in [0, 0.05) is 31.7 Å². The van der Waals surface area contributed by atoms with Gasteiger partial charge in [0.1, 0.15) is 0 Å². The number of nitrogens with zero attached hydrogens (tertiary/aromatic N) is 1. The molecule has 2 aliphatic heterocycles. The number of amides is 1. The van der Waals surface area contributed by atoms with Crippen LogP contribution in [0, 0.1) is 0 Å². The summed E-state index contributed by atoms with van der Waals surface area (Å²) < 4.78 is 0. The first-order chi connectivity index (χ1) is 9.05. The summed E-state index contributed by atoms with van der Waals surface area (Å²) in [7, 11) is 0. The first-order valence-electron chi connectivity index (χ1n) is 6.89. The van der Waals surface area contributed by atoms with Crippen molar-refractivity contribution in [1.82, 2.24) is 10.2 Å². The lowest BCUT2D eigenvalue weighted by Gasteiger charge is -2.36. The summed E-state index contributed by atoms with van der Waals surface area (Å²) in [6.45, 7) is 4.71. The lowest BCUT2D eigenvalue weighted by molar-refractivity contribution is -0.0107. The summed E-state index contributed by atoms with van der Waals surface area (Å²) in [5, 5.41) is 13.4. The molecule has 1 amide bonds. The van der Waals surface area contributed by atoms with Gasteiger partial charge in [-0.2, -0.15) is 0 Å². The van der Waals surface area contributed by atoms with Crippen molar-refractivity contribution in [3.05, 3.63) is 34.9 Å². The van der Waals surface area contributed by atoms with E-state index in [0.29, 0.717) is 6.54 Å². The Balaban J connectivity index is 1.80. The highest BCUT2D eigenvalue weighted by atomic mass is 16.3. The van der Waals surface area contributed by atoms with Gasteiger partial charge in [-0.15, -0.1) is 0 Å². The molecular weight excluding hydrogens is 240 g/mol. The molecule has 1 saturated heterocycles. The summed E-state index contributed by atoms with van der Waals surface area (Å²) in [6, 6.07) is 5.92. The predicted octanol–water partition coefficient (Wildman–Crippen LogP) is 1.28. The Hall–Kier alpha value is -1.39. The molecule has 1 aromatic carbocycles. The van der Waals surface area contributed by atoms with Crippen molar-refractivity contribution in [2.24, 2.45) is 0 Å². The van der Waals surface area contributed by atoms with Crippen LogP contribution >= 0.6 is 0 Å². The average Bonchev–Trinajstić information content (AvgIpc) is 2.83. The normalized spacial score (nSPS) is 26.3. The molecule has 102 valence electrons. The number of carbonyl (C=O) groups excluding carboxylic acids is 1. The number of carbonyl (C=O) groups is 1. The Morgan fingerprint density at radius 2 is 2.16 bits per heavy atom. The Kier molecular flexibility index (Phi) is 3.07. The fraction of sp³-hybridized carbons (Fsp3) is 0.533. The number of hydrogen-bond donors (Lipinski definition) is 2. The van der Waals surface area contributed by atoms with Crippen LogP contribution in [-0.2, 0) is 13.1 Å². The minimum atomic E-state index is -0.744. The number of benzene rings is 1. The molecule has 1 aromatic rings. The molecule has 1 unspecified atom stereocenters. The van der Waals surface area contributed by atoms with Crippen LogP contribution < -0.4 is 5.32 Å². The van der Waals surface area contributed by atoms with Crippen molar-refractivity contribution in [3.8, 4) is 0 Å². The number of hydrogen-bond acceptors (Lipinski definition) is 3. The van der Waals surface area contributed by atoms with Gasteiger partial charge in [-0.25, -0.2) is 0 Å². The largest absolute Gasteiger partial charge is 0.388 e. The molecule has 2 heterocycles. The number of likely N-dealkylation sites (tertiary alicyclic amines) is 1. The molecule has 19 heavy (non-hydrogen) atoms. The summed E-state index contributed by atoms with van der Waals surface area (Å²) in [6.07, 6.45) is 1.64. The lowest BCUT2D eigenvalue weighted by Crippen LogP contribution is -2.48. The highest BCUT2D eigenvalue weighted by Gasteiger charge is 2.31. The number of β-amino-alcohol motifs (C(OH)–C–C–N with tert-alkyl or cyclic N) is 1. The Morgan fingerprint density at radius 3 is 2.95 bits per heavy atom. The van der Waals surface area contributed by atoms with Gasteiger partial charge in [-0.05, 0) is 43.0 Å². The second-order valence-corrected chi connectivity index (χ2v) is 5.91. The molecule has 1 fully saturated rings. The average molecular weight is 260 g/mol. The number of nitrogens with one attached hydrogen (secondary N) is 1. The molecule has 0 saturated carbocycles. The number of aliphatic hydroxyl groups is 1. The van der Waals surface area contributed by atoms with E-state index in [1.54, 1.807) is 11.8 Å². The van der Waals surface area contributed by atoms with E-state index in [4.69, 9.17) is 0 Å².